The van der Waals surface area contributed by atoms with Gasteiger partial charge in [0.25, 0.3) is 0 Å². The van der Waals surface area contributed by atoms with Crippen molar-refractivity contribution in [1.82, 2.24) is 14.9 Å². The summed E-state index contributed by atoms with van der Waals surface area (Å²) in [7, 11) is 0. The standard InChI is InChI=1S/C35H38BrN3O4/c1-21-9-10-32(36)38-28(21)16-30(42)29-17-35-12-11-27(41)8-6-4-3-5-7-23-19-37-20-26-14-24(22(2)40)13-25(34(23)26)15-33(43)39(29)31(35)18-35/h9-10,13-14,19-20,29,31H,3-8,11-12,15-18H2,1-2H3/t29-,31+,35-/m0/s1. The van der Waals surface area contributed by atoms with E-state index in [0.29, 0.717) is 35.1 Å². The average molecular weight is 645 g/mol. The van der Waals surface area contributed by atoms with E-state index in [1.807, 2.05) is 42.3 Å². The van der Waals surface area contributed by atoms with Crippen LogP contribution in [0.3, 0.4) is 0 Å². The molecule has 2 fully saturated rings. The monoisotopic (exact) mass is 643 g/mol. The highest BCUT2D eigenvalue weighted by Crippen LogP contribution is 2.62. The minimum Gasteiger partial charge on any atom is -0.329 e. The molecule has 1 aromatic carbocycles. The summed E-state index contributed by atoms with van der Waals surface area (Å²) in [6.07, 6.45) is 11.8. The number of pyridine rings is 2. The Morgan fingerprint density at radius 3 is 2.58 bits per heavy atom. The molecule has 1 aliphatic carbocycles. The molecule has 3 aliphatic rings. The highest BCUT2D eigenvalue weighted by molar-refractivity contribution is 9.10. The van der Waals surface area contributed by atoms with Crippen molar-refractivity contribution < 1.29 is 19.2 Å². The van der Waals surface area contributed by atoms with E-state index in [4.69, 9.17) is 0 Å². The summed E-state index contributed by atoms with van der Waals surface area (Å²) >= 11 is 3.42. The third-order valence-corrected chi connectivity index (χ3v) is 10.3. The van der Waals surface area contributed by atoms with E-state index in [1.165, 1.54) is 0 Å². The normalized spacial score (nSPS) is 24.5. The summed E-state index contributed by atoms with van der Waals surface area (Å²) in [6.45, 7) is 3.48. The molecular weight excluding hydrogens is 606 g/mol. The Hall–Kier alpha value is -3.26. The van der Waals surface area contributed by atoms with Crippen molar-refractivity contribution in [3.8, 4) is 0 Å². The van der Waals surface area contributed by atoms with Gasteiger partial charge in [-0.25, -0.2) is 4.98 Å². The van der Waals surface area contributed by atoms with E-state index in [2.05, 4.69) is 25.9 Å². The Balaban J connectivity index is 1.38. The zero-order valence-electron chi connectivity index (χ0n) is 25.0. The Labute approximate surface area is 261 Å². The second-order valence-corrected chi connectivity index (χ2v) is 13.7. The molecule has 1 saturated carbocycles. The van der Waals surface area contributed by atoms with Crippen molar-refractivity contribution in [3.63, 3.8) is 0 Å². The van der Waals surface area contributed by atoms with Gasteiger partial charge in [-0.1, -0.05) is 18.9 Å². The van der Waals surface area contributed by atoms with Gasteiger partial charge in [0.05, 0.1) is 24.6 Å². The Morgan fingerprint density at radius 1 is 1.00 bits per heavy atom. The van der Waals surface area contributed by atoms with Crippen LogP contribution in [0.5, 0.6) is 0 Å². The molecule has 43 heavy (non-hydrogen) atoms. The molecule has 8 heteroatoms. The van der Waals surface area contributed by atoms with Gasteiger partial charge in [-0.15, -0.1) is 0 Å². The Kier molecular flexibility index (Phi) is 8.33. The lowest BCUT2D eigenvalue weighted by molar-refractivity contribution is -0.138. The average Bonchev–Trinajstić information content (AvgIpc) is 3.57. The fraction of sp³-hybridized carbons (Fsp3) is 0.486. The van der Waals surface area contributed by atoms with E-state index in [0.717, 1.165) is 72.4 Å². The minimum absolute atomic E-state index is 0.0124. The molecule has 7 nitrogen and oxygen atoms in total. The highest BCUT2D eigenvalue weighted by Gasteiger charge is 2.66. The molecule has 3 aromatic rings. The van der Waals surface area contributed by atoms with Crippen LogP contribution < -0.4 is 0 Å². The molecule has 0 unspecified atom stereocenters. The molecule has 6 rings (SSSR count). The molecular formula is C35H38BrN3O4. The Morgan fingerprint density at radius 2 is 1.79 bits per heavy atom. The van der Waals surface area contributed by atoms with Crippen molar-refractivity contribution in [2.75, 3.05) is 0 Å². The van der Waals surface area contributed by atoms with Crippen molar-refractivity contribution in [3.05, 3.63) is 69.2 Å². The molecule has 1 saturated heterocycles. The van der Waals surface area contributed by atoms with Gasteiger partial charge in [0.15, 0.2) is 11.6 Å². The van der Waals surface area contributed by atoms with E-state index >= 15 is 0 Å². The second-order valence-electron chi connectivity index (χ2n) is 12.9. The predicted octanol–water partition coefficient (Wildman–Crippen LogP) is 6.47. The fourth-order valence-corrected chi connectivity index (χ4v) is 7.76. The van der Waals surface area contributed by atoms with Crippen LogP contribution >= 0.6 is 15.9 Å². The number of Topliss-reactive ketones (excluding diaryl/α,β-unsaturated/α-hetero) is 3. The number of hydrogen-bond donors (Lipinski definition) is 0. The van der Waals surface area contributed by atoms with Crippen molar-refractivity contribution in [2.24, 2.45) is 5.41 Å². The van der Waals surface area contributed by atoms with Gasteiger partial charge in [-0.2, -0.15) is 0 Å². The first-order valence-electron chi connectivity index (χ1n) is 15.5. The van der Waals surface area contributed by atoms with Crippen LogP contribution in [0, 0.1) is 12.3 Å². The van der Waals surface area contributed by atoms with Crippen LogP contribution in [0.1, 0.15) is 97.5 Å². The first-order chi connectivity index (χ1) is 20.6. The predicted molar refractivity (Wildman–Crippen MR) is 168 cm³/mol. The number of aromatic nitrogens is 2. The smallest absolute Gasteiger partial charge is 0.227 e. The first-order valence-corrected chi connectivity index (χ1v) is 16.3. The van der Waals surface area contributed by atoms with Gasteiger partial charge >= 0.3 is 0 Å². The molecule has 3 atom stereocenters. The van der Waals surface area contributed by atoms with Crippen LogP contribution in [0.15, 0.2) is 41.3 Å². The van der Waals surface area contributed by atoms with Crippen LogP contribution in [0.4, 0.5) is 0 Å². The summed E-state index contributed by atoms with van der Waals surface area (Å²) in [4.78, 5) is 64.4. The number of carbonyl (C=O) groups excluding carboxylic acids is 4. The summed E-state index contributed by atoms with van der Waals surface area (Å²) < 4.78 is 0.675. The lowest BCUT2D eigenvalue weighted by atomic mass is 9.89. The number of hydrogen-bond acceptors (Lipinski definition) is 6. The zero-order valence-corrected chi connectivity index (χ0v) is 26.5. The van der Waals surface area contributed by atoms with Crippen molar-refractivity contribution >= 4 is 50.0 Å². The molecule has 1 amide bonds. The fourth-order valence-electron chi connectivity index (χ4n) is 7.42. The number of rotatable bonds is 4. The second kappa shape index (κ2) is 12.0. The van der Waals surface area contributed by atoms with Crippen LogP contribution in [-0.4, -0.2) is 50.2 Å². The van der Waals surface area contributed by atoms with Crippen LogP contribution in [0.2, 0.25) is 0 Å². The van der Waals surface area contributed by atoms with E-state index in [1.54, 1.807) is 13.1 Å². The van der Waals surface area contributed by atoms with Crippen molar-refractivity contribution in [1.29, 1.82) is 0 Å². The number of piperidine rings is 1. The summed E-state index contributed by atoms with van der Waals surface area (Å²) in [5.74, 6) is 0.115. The number of benzene rings is 1. The summed E-state index contributed by atoms with van der Waals surface area (Å²) in [6, 6.07) is 6.94. The van der Waals surface area contributed by atoms with E-state index in [9.17, 15) is 19.2 Å². The van der Waals surface area contributed by atoms with E-state index < -0.39 is 6.04 Å². The number of carbonyl (C=O) groups is 4. The quantitative estimate of drug-likeness (QED) is 0.239. The molecule has 2 aliphatic heterocycles. The third kappa shape index (κ3) is 6.08. The lowest BCUT2D eigenvalue weighted by Gasteiger charge is -2.27. The molecule has 2 aromatic heterocycles. The maximum atomic E-state index is 14.3. The van der Waals surface area contributed by atoms with Crippen molar-refractivity contribution in [2.45, 2.75) is 103 Å². The SMILES string of the molecule is CC(=O)c1cc2c3c(cncc3c1)CCCCCCC(=O)CC[C@@]13C[C@@H](C(=O)Cc4nc(Br)ccc4C)N(C(=O)C2)[C@@H]1C3. The van der Waals surface area contributed by atoms with Crippen LogP contribution in [0.25, 0.3) is 10.8 Å². The van der Waals surface area contributed by atoms with Gasteiger partial charge in [0.1, 0.15) is 10.4 Å². The molecule has 4 heterocycles. The van der Waals surface area contributed by atoms with Gasteiger partial charge in [0, 0.05) is 42.2 Å². The van der Waals surface area contributed by atoms with E-state index in [-0.39, 0.29) is 47.6 Å². The largest absolute Gasteiger partial charge is 0.329 e. The summed E-state index contributed by atoms with van der Waals surface area (Å²) in [5, 5.41) is 1.86. The topological polar surface area (TPSA) is 97.3 Å². The number of aryl methyl sites for hydroxylation is 2. The van der Waals surface area contributed by atoms with Crippen LogP contribution in [-0.2, 0) is 33.6 Å². The summed E-state index contributed by atoms with van der Waals surface area (Å²) in [5.41, 5.74) is 3.92. The van der Waals surface area contributed by atoms with Gasteiger partial charge in [-0.05, 0) is 114 Å². The molecule has 224 valence electrons. The third-order valence-electron chi connectivity index (χ3n) is 9.90. The number of ketones is 3. The number of halogens is 1. The van der Waals surface area contributed by atoms with Gasteiger partial charge < -0.3 is 4.90 Å². The minimum atomic E-state index is -0.552. The van der Waals surface area contributed by atoms with Gasteiger partial charge in [0.2, 0.25) is 5.91 Å². The Bertz CT molecular complexity index is 1630. The molecule has 2 bridgehead atoms. The first kappa shape index (κ1) is 29.8. The lowest BCUT2D eigenvalue weighted by Crippen LogP contribution is -2.44. The maximum absolute atomic E-state index is 14.3. The molecule has 0 radical (unpaired) electrons. The zero-order chi connectivity index (χ0) is 30.3. The number of nitrogens with zero attached hydrogens (tertiary/aromatic N) is 3. The molecule has 0 spiro atoms. The molecule has 0 N–H and O–H groups in total. The van der Waals surface area contributed by atoms with Gasteiger partial charge in [-0.3, -0.25) is 24.2 Å². The maximum Gasteiger partial charge on any atom is 0.227 e. The number of amides is 1. The highest BCUT2D eigenvalue weighted by atomic mass is 79.9.